The predicted octanol–water partition coefficient (Wildman–Crippen LogP) is 2.04. The van der Waals surface area contributed by atoms with E-state index in [0.29, 0.717) is 6.61 Å². The van der Waals surface area contributed by atoms with Gasteiger partial charge in [-0.3, -0.25) is 0 Å². The summed E-state index contributed by atoms with van der Waals surface area (Å²) in [6.07, 6.45) is 3.73. The minimum atomic E-state index is 0.122. The van der Waals surface area contributed by atoms with Gasteiger partial charge in [-0.15, -0.1) is 11.6 Å². The molecule has 0 spiro atoms. The van der Waals surface area contributed by atoms with Crippen LogP contribution in [0.4, 0.5) is 0 Å². The Balaban J connectivity index is 0. The van der Waals surface area contributed by atoms with Crippen LogP contribution in [-0.4, -0.2) is 31.3 Å². The van der Waals surface area contributed by atoms with Crippen molar-refractivity contribution in [1.29, 1.82) is 0 Å². The van der Waals surface area contributed by atoms with Gasteiger partial charge in [-0.1, -0.05) is 19.8 Å². The molecule has 0 bridgehead atoms. The summed E-state index contributed by atoms with van der Waals surface area (Å²) in [6, 6.07) is 0. The second-order valence-electron chi connectivity index (χ2n) is 2.11. The Bertz CT molecular complexity index is 45.4. The highest BCUT2D eigenvalue weighted by Crippen LogP contribution is 1.93. The number of unbranched alkanes of at least 4 members (excludes halogenated alkanes) is 2. The molecule has 0 atom stereocenters. The van der Waals surface area contributed by atoms with Crippen molar-refractivity contribution in [3.8, 4) is 0 Å². The van der Waals surface area contributed by atoms with Crippen LogP contribution in [0.5, 0.6) is 0 Å². The first-order valence-electron chi connectivity index (χ1n) is 3.99. The Morgan fingerprint density at radius 2 is 2.00 bits per heavy atom. The van der Waals surface area contributed by atoms with Gasteiger partial charge in [-0.25, -0.2) is 0 Å². The van der Waals surface area contributed by atoms with Crippen LogP contribution in [0, 0.1) is 0 Å². The van der Waals surface area contributed by atoms with Crippen molar-refractivity contribution in [3.63, 3.8) is 0 Å². The van der Waals surface area contributed by atoms with Crippen LogP contribution in [0.1, 0.15) is 26.2 Å². The summed E-state index contributed by atoms with van der Waals surface area (Å²) in [6.45, 7) is 2.74. The molecule has 0 saturated heterocycles. The van der Waals surface area contributed by atoms with Crippen LogP contribution in [0.2, 0.25) is 0 Å². The highest BCUT2D eigenvalue weighted by Gasteiger charge is 1.76. The maximum Gasteiger partial charge on any atom is 0.0693 e. The second-order valence-corrected chi connectivity index (χ2v) is 2.49. The Morgan fingerprint density at radius 1 is 1.36 bits per heavy atom. The normalized spacial score (nSPS) is 8.73. The van der Waals surface area contributed by atoms with E-state index < -0.39 is 0 Å². The quantitative estimate of drug-likeness (QED) is 0.521. The highest BCUT2D eigenvalue weighted by molar-refractivity contribution is 6.17. The molecule has 0 radical (unpaired) electrons. The first kappa shape index (κ1) is 13.8. The molecule has 3 heteroatoms. The Labute approximate surface area is 74.5 Å². The minimum absolute atomic E-state index is 0.122. The van der Waals surface area contributed by atoms with Crippen LogP contribution in [0.15, 0.2) is 0 Å². The van der Waals surface area contributed by atoms with Gasteiger partial charge < -0.3 is 9.84 Å². The highest BCUT2D eigenvalue weighted by atomic mass is 35.5. The van der Waals surface area contributed by atoms with E-state index in [2.05, 4.69) is 11.7 Å². The van der Waals surface area contributed by atoms with E-state index in [1.807, 2.05) is 0 Å². The zero-order valence-electron chi connectivity index (χ0n) is 7.48. The van der Waals surface area contributed by atoms with E-state index in [1.54, 1.807) is 7.11 Å². The number of ether oxygens (including phenoxy) is 1. The van der Waals surface area contributed by atoms with E-state index in [1.165, 1.54) is 19.3 Å². The topological polar surface area (TPSA) is 29.5 Å². The van der Waals surface area contributed by atoms with Gasteiger partial charge in [0.1, 0.15) is 0 Å². The Kier molecular flexibility index (Phi) is 20.9. The zero-order valence-corrected chi connectivity index (χ0v) is 8.23. The van der Waals surface area contributed by atoms with Crippen molar-refractivity contribution in [1.82, 2.24) is 0 Å². The smallest absolute Gasteiger partial charge is 0.0693 e. The van der Waals surface area contributed by atoms with E-state index >= 15 is 0 Å². The first-order valence-corrected chi connectivity index (χ1v) is 4.52. The lowest BCUT2D eigenvalue weighted by Crippen LogP contribution is -1.91. The monoisotopic (exact) mass is 182 g/mol. The van der Waals surface area contributed by atoms with E-state index in [0.717, 1.165) is 5.88 Å². The third-order valence-electron chi connectivity index (χ3n) is 1.03. The maximum atomic E-state index is 7.94. The third kappa shape index (κ3) is 25.4. The van der Waals surface area contributed by atoms with Crippen LogP contribution >= 0.6 is 11.6 Å². The molecule has 0 aromatic carbocycles. The number of methoxy groups -OCH3 is 1. The third-order valence-corrected chi connectivity index (χ3v) is 1.30. The summed E-state index contributed by atoms with van der Waals surface area (Å²) in [7, 11) is 1.55. The van der Waals surface area contributed by atoms with Crippen molar-refractivity contribution in [2.75, 3.05) is 26.2 Å². The number of alkyl halides is 1. The van der Waals surface area contributed by atoms with Crippen molar-refractivity contribution in [2.45, 2.75) is 26.2 Å². The lowest BCUT2D eigenvalue weighted by Gasteiger charge is -1.84. The molecule has 0 rings (SSSR count). The SMILES string of the molecule is CCCCCCl.COCCO. The van der Waals surface area contributed by atoms with Gasteiger partial charge in [0, 0.05) is 13.0 Å². The number of aliphatic hydroxyl groups excluding tert-OH is 1. The molecule has 0 aliphatic heterocycles. The summed E-state index contributed by atoms with van der Waals surface area (Å²) in [4.78, 5) is 0. The molecule has 2 nitrogen and oxygen atoms in total. The molecule has 0 aromatic heterocycles. The molecule has 0 unspecified atom stereocenters. The lowest BCUT2D eigenvalue weighted by atomic mass is 10.3. The standard InChI is InChI=1S/C5H11Cl.C3H8O2/c1-2-3-4-5-6;1-5-3-2-4/h2-5H2,1H3;4H,2-3H2,1H3. The number of hydrogen-bond donors (Lipinski definition) is 1. The predicted molar refractivity (Wildman–Crippen MR) is 49.2 cm³/mol. The number of hydrogen-bond acceptors (Lipinski definition) is 2. The molecule has 0 aliphatic carbocycles. The van der Waals surface area contributed by atoms with Crippen LogP contribution in [0.25, 0.3) is 0 Å². The fourth-order valence-electron chi connectivity index (χ4n) is 0.436. The summed E-state index contributed by atoms with van der Waals surface area (Å²) in [5.41, 5.74) is 0. The summed E-state index contributed by atoms with van der Waals surface area (Å²) in [5, 5.41) is 7.94. The van der Waals surface area contributed by atoms with Gasteiger partial charge in [0.05, 0.1) is 13.2 Å². The van der Waals surface area contributed by atoms with Gasteiger partial charge in [0.15, 0.2) is 0 Å². The fraction of sp³-hybridized carbons (Fsp3) is 1.00. The first-order chi connectivity index (χ1) is 5.33. The molecule has 70 valence electrons. The molecule has 0 fully saturated rings. The van der Waals surface area contributed by atoms with E-state index in [4.69, 9.17) is 16.7 Å². The molecule has 0 heterocycles. The molecule has 0 aromatic rings. The maximum absolute atomic E-state index is 7.94. The fourth-order valence-corrected chi connectivity index (χ4v) is 0.625. The number of halogens is 1. The van der Waals surface area contributed by atoms with Crippen LogP contribution < -0.4 is 0 Å². The molecule has 0 aliphatic rings. The zero-order chi connectivity index (χ0) is 8.95. The van der Waals surface area contributed by atoms with E-state index in [-0.39, 0.29) is 6.61 Å². The Hall–Kier alpha value is 0.210. The summed E-state index contributed by atoms with van der Waals surface area (Å²) in [5.74, 6) is 0.827. The average Bonchev–Trinajstić information content (AvgIpc) is 2.04. The van der Waals surface area contributed by atoms with Gasteiger partial charge in [0.25, 0.3) is 0 Å². The molecule has 0 amide bonds. The molecular formula is C8H19ClO2. The van der Waals surface area contributed by atoms with Crippen molar-refractivity contribution < 1.29 is 9.84 Å². The van der Waals surface area contributed by atoms with Gasteiger partial charge in [-0.05, 0) is 6.42 Å². The van der Waals surface area contributed by atoms with E-state index in [9.17, 15) is 0 Å². The number of rotatable bonds is 5. The van der Waals surface area contributed by atoms with Crippen molar-refractivity contribution in [3.05, 3.63) is 0 Å². The summed E-state index contributed by atoms with van der Waals surface area (Å²) >= 11 is 5.38. The van der Waals surface area contributed by atoms with Crippen LogP contribution in [0.3, 0.4) is 0 Å². The van der Waals surface area contributed by atoms with Crippen molar-refractivity contribution >= 4 is 11.6 Å². The van der Waals surface area contributed by atoms with Crippen molar-refractivity contribution in [2.24, 2.45) is 0 Å². The lowest BCUT2D eigenvalue weighted by molar-refractivity contribution is 0.135. The minimum Gasteiger partial charge on any atom is -0.394 e. The second kappa shape index (κ2) is 16.7. The average molecular weight is 183 g/mol. The van der Waals surface area contributed by atoms with Gasteiger partial charge >= 0.3 is 0 Å². The molecule has 11 heavy (non-hydrogen) atoms. The Morgan fingerprint density at radius 3 is 2.09 bits per heavy atom. The van der Waals surface area contributed by atoms with Gasteiger partial charge in [-0.2, -0.15) is 0 Å². The molecular weight excluding hydrogens is 164 g/mol. The van der Waals surface area contributed by atoms with Gasteiger partial charge in [0.2, 0.25) is 0 Å². The summed E-state index contributed by atoms with van der Waals surface area (Å²) < 4.78 is 4.44. The molecule has 0 saturated carbocycles. The van der Waals surface area contributed by atoms with Crippen LogP contribution in [-0.2, 0) is 4.74 Å². The number of aliphatic hydroxyl groups is 1. The largest absolute Gasteiger partial charge is 0.394 e. The molecule has 1 N–H and O–H groups in total.